The van der Waals surface area contributed by atoms with Gasteiger partial charge in [0.2, 0.25) is 0 Å². The normalized spacial score (nSPS) is 16.2. The summed E-state index contributed by atoms with van der Waals surface area (Å²) in [5.74, 6) is 0.161. The fourth-order valence-electron chi connectivity index (χ4n) is 2.54. The largest absolute Gasteiger partial charge is 0.497 e. The van der Waals surface area contributed by atoms with Crippen LogP contribution in [0.3, 0.4) is 0 Å². The fraction of sp³-hybridized carbons (Fsp3) is 0.300. The Bertz CT molecular complexity index is 786. The SMILES string of the molecule is CCOC(=O)/C(C#N)=C\C1=C(Cl)C(=C/Nc2ccc(OC)cc2)/CCC1. The molecule has 2 rings (SSSR count). The van der Waals surface area contributed by atoms with Crippen molar-refractivity contribution < 1.29 is 14.3 Å². The second kappa shape index (κ2) is 9.69. The highest BCUT2D eigenvalue weighted by Crippen LogP contribution is 2.33. The summed E-state index contributed by atoms with van der Waals surface area (Å²) in [4.78, 5) is 11.8. The number of esters is 1. The van der Waals surface area contributed by atoms with E-state index in [0.29, 0.717) is 11.5 Å². The van der Waals surface area contributed by atoms with Gasteiger partial charge in [0.25, 0.3) is 0 Å². The van der Waals surface area contributed by atoms with E-state index in [1.54, 1.807) is 14.0 Å². The van der Waals surface area contributed by atoms with Gasteiger partial charge in [0.05, 0.1) is 13.7 Å². The molecule has 0 heterocycles. The number of rotatable bonds is 6. The summed E-state index contributed by atoms with van der Waals surface area (Å²) >= 11 is 6.49. The minimum absolute atomic E-state index is 0.0376. The Morgan fingerprint density at radius 3 is 2.69 bits per heavy atom. The lowest BCUT2D eigenvalue weighted by molar-refractivity contribution is -0.138. The Hall–Kier alpha value is -2.71. The number of allylic oxidation sites excluding steroid dienone is 4. The second-order valence-electron chi connectivity index (χ2n) is 5.63. The lowest BCUT2D eigenvalue weighted by Gasteiger charge is -2.17. The van der Waals surface area contributed by atoms with Crippen LogP contribution in [0.15, 0.2) is 58.3 Å². The lowest BCUT2D eigenvalue weighted by atomic mass is 9.94. The number of nitrogens with one attached hydrogen (secondary N) is 1. The van der Waals surface area contributed by atoms with Crippen LogP contribution in [0, 0.1) is 11.3 Å². The number of halogens is 1. The van der Waals surface area contributed by atoms with Crippen LogP contribution in [-0.2, 0) is 9.53 Å². The average Bonchev–Trinajstić information content (AvgIpc) is 2.66. The zero-order valence-electron chi connectivity index (χ0n) is 14.8. The first-order valence-corrected chi connectivity index (χ1v) is 8.74. The van der Waals surface area contributed by atoms with Gasteiger partial charge in [0.1, 0.15) is 17.4 Å². The van der Waals surface area contributed by atoms with Crippen LogP contribution < -0.4 is 10.1 Å². The summed E-state index contributed by atoms with van der Waals surface area (Å²) in [6.07, 6.45) is 5.80. The van der Waals surface area contributed by atoms with E-state index in [1.165, 1.54) is 6.08 Å². The Kier molecular flexibility index (Phi) is 7.31. The molecule has 1 N–H and O–H groups in total. The van der Waals surface area contributed by atoms with Crippen molar-refractivity contribution in [2.24, 2.45) is 0 Å². The van der Waals surface area contributed by atoms with E-state index in [-0.39, 0.29) is 12.2 Å². The minimum atomic E-state index is -0.626. The molecule has 0 atom stereocenters. The van der Waals surface area contributed by atoms with E-state index < -0.39 is 5.97 Å². The molecule has 0 saturated heterocycles. The maximum Gasteiger partial charge on any atom is 0.348 e. The van der Waals surface area contributed by atoms with Crippen LogP contribution in [0.1, 0.15) is 26.2 Å². The number of hydrogen-bond acceptors (Lipinski definition) is 5. The number of carbonyl (C=O) groups excluding carboxylic acids is 1. The molecule has 0 aliphatic heterocycles. The highest BCUT2D eigenvalue weighted by Gasteiger charge is 2.17. The van der Waals surface area contributed by atoms with Gasteiger partial charge in [-0.2, -0.15) is 5.26 Å². The summed E-state index contributed by atoms with van der Waals surface area (Å²) in [5.41, 5.74) is 2.57. The summed E-state index contributed by atoms with van der Waals surface area (Å²) in [7, 11) is 1.62. The fourth-order valence-corrected chi connectivity index (χ4v) is 2.84. The van der Waals surface area contributed by atoms with E-state index in [1.807, 2.05) is 36.5 Å². The van der Waals surface area contributed by atoms with E-state index in [4.69, 9.17) is 21.1 Å². The highest BCUT2D eigenvalue weighted by atomic mass is 35.5. The van der Waals surface area contributed by atoms with Gasteiger partial charge < -0.3 is 14.8 Å². The van der Waals surface area contributed by atoms with E-state index in [2.05, 4.69) is 5.32 Å². The molecule has 1 aliphatic carbocycles. The minimum Gasteiger partial charge on any atom is -0.497 e. The van der Waals surface area contributed by atoms with Gasteiger partial charge in [0, 0.05) is 16.9 Å². The van der Waals surface area contributed by atoms with Crippen molar-refractivity contribution in [2.45, 2.75) is 26.2 Å². The lowest BCUT2D eigenvalue weighted by Crippen LogP contribution is -2.08. The van der Waals surface area contributed by atoms with Crippen LogP contribution in [-0.4, -0.2) is 19.7 Å². The standard InChI is InChI=1S/C20H21ClN2O3/c1-3-26-20(24)16(12-22)11-14-5-4-6-15(19(14)21)13-23-17-7-9-18(25-2)10-8-17/h7-11,13,23H,3-6H2,1-2H3/b15-13+,16-11-. The van der Waals surface area contributed by atoms with E-state index in [9.17, 15) is 10.1 Å². The molecule has 1 aromatic rings. The maximum atomic E-state index is 11.8. The van der Waals surface area contributed by atoms with Gasteiger partial charge in [0.15, 0.2) is 0 Å². The number of methoxy groups -OCH3 is 1. The molecule has 26 heavy (non-hydrogen) atoms. The number of benzene rings is 1. The predicted molar refractivity (Wildman–Crippen MR) is 102 cm³/mol. The van der Waals surface area contributed by atoms with Crippen molar-refractivity contribution in [3.63, 3.8) is 0 Å². The molecule has 0 saturated carbocycles. The third-order valence-corrected chi connectivity index (χ3v) is 4.38. The van der Waals surface area contributed by atoms with E-state index in [0.717, 1.165) is 35.4 Å². The van der Waals surface area contributed by atoms with Crippen LogP contribution in [0.4, 0.5) is 5.69 Å². The molecule has 5 nitrogen and oxygen atoms in total. The zero-order valence-corrected chi connectivity index (χ0v) is 15.6. The molecule has 1 aromatic carbocycles. The quantitative estimate of drug-likeness (QED) is 0.446. The smallest absolute Gasteiger partial charge is 0.348 e. The molecular weight excluding hydrogens is 352 g/mol. The average molecular weight is 373 g/mol. The van der Waals surface area contributed by atoms with Gasteiger partial charge in [-0.15, -0.1) is 0 Å². The number of nitrogens with zero attached hydrogens (tertiary/aromatic N) is 1. The van der Waals surface area contributed by atoms with Crippen LogP contribution in [0.25, 0.3) is 0 Å². The molecule has 1 aliphatic rings. The summed E-state index contributed by atoms with van der Waals surface area (Å²) in [6, 6.07) is 9.44. The number of nitriles is 1. The van der Waals surface area contributed by atoms with Crippen molar-refractivity contribution >= 4 is 23.3 Å². The molecule has 136 valence electrons. The number of ether oxygens (including phenoxy) is 2. The van der Waals surface area contributed by atoms with Crippen molar-refractivity contribution in [2.75, 3.05) is 19.0 Å². The van der Waals surface area contributed by atoms with Crippen molar-refractivity contribution in [3.8, 4) is 11.8 Å². The van der Waals surface area contributed by atoms with Gasteiger partial charge in [-0.1, -0.05) is 11.6 Å². The van der Waals surface area contributed by atoms with Gasteiger partial charge in [-0.05, 0) is 67.7 Å². The molecule has 0 bridgehead atoms. The Balaban J connectivity index is 2.20. The summed E-state index contributed by atoms with van der Waals surface area (Å²) in [5, 5.41) is 13.0. The molecule has 0 fully saturated rings. The van der Waals surface area contributed by atoms with Crippen LogP contribution >= 0.6 is 11.6 Å². The Morgan fingerprint density at radius 1 is 1.35 bits per heavy atom. The second-order valence-corrected chi connectivity index (χ2v) is 6.00. The zero-order chi connectivity index (χ0) is 18.9. The molecule has 6 heteroatoms. The Labute approximate surface area is 158 Å². The topological polar surface area (TPSA) is 71.4 Å². The predicted octanol–water partition coefficient (Wildman–Crippen LogP) is 4.68. The first-order chi connectivity index (χ1) is 12.6. The van der Waals surface area contributed by atoms with Gasteiger partial charge in [-0.3, -0.25) is 0 Å². The molecular formula is C20H21ClN2O3. The third-order valence-electron chi connectivity index (χ3n) is 3.89. The van der Waals surface area contributed by atoms with Crippen LogP contribution in [0.2, 0.25) is 0 Å². The third kappa shape index (κ3) is 5.14. The monoisotopic (exact) mass is 372 g/mol. The number of hydrogen-bond donors (Lipinski definition) is 1. The summed E-state index contributed by atoms with van der Waals surface area (Å²) < 4.78 is 10.0. The Morgan fingerprint density at radius 2 is 2.08 bits per heavy atom. The van der Waals surface area contributed by atoms with Gasteiger partial charge in [-0.25, -0.2) is 4.79 Å². The van der Waals surface area contributed by atoms with Crippen molar-refractivity contribution in [1.82, 2.24) is 0 Å². The molecule has 0 spiro atoms. The maximum absolute atomic E-state index is 11.8. The molecule has 0 unspecified atom stereocenters. The van der Waals surface area contributed by atoms with Crippen LogP contribution in [0.5, 0.6) is 5.75 Å². The van der Waals surface area contributed by atoms with E-state index >= 15 is 0 Å². The van der Waals surface area contributed by atoms with Crippen molar-refractivity contribution in [1.29, 1.82) is 5.26 Å². The molecule has 0 aromatic heterocycles. The van der Waals surface area contributed by atoms with Crippen molar-refractivity contribution in [3.05, 3.63) is 58.3 Å². The highest BCUT2D eigenvalue weighted by molar-refractivity contribution is 6.32. The van der Waals surface area contributed by atoms with Gasteiger partial charge >= 0.3 is 5.97 Å². The summed E-state index contributed by atoms with van der Waals surface area (Å²) in [6.45, 7) is 1.92. The molecule has 0 radical (unpaired) electrons. The first kappa shape index (κ1) is 19.6. The molecule has 0 amide bonds. The number of carbonyl (C=O) groups is 1. The first-order valence-electron chi connectivity index (χ1n) is 8.36. The number of anilines is 1.